The molecule has 0 fully saturated rings. The number of nitrogens with one attached hydrogen (secondary N) is 1. The minimum Gasteiger partial charge on any atom is -0.493 e. The Kier molecular flexibility index (Phi) is 4.40. The fraction of sp³-hybridized carbons (Fsp3) is 0.450. The van der Waals surface area contributed by atoms with E-state index >= 15 is 0 Å². The monoisotopic (exact) mass is 372 g/mol. The predicted molar refractivity (Wildman–Crippen MR) is 105 cm³/mol. The van der Waals surface area contributed by atoms with Crippen LogP contribution in [-0.2, 0) is 12.0 Å². The van der Waals surface area contributed by atoms with Gasteiger partial charge in [0.2, 0.25) is 0 Å². The van der Waals surface area contributed by atoms with Crippen molar-refractivity contribution < 1.29 is 14.6 Å². The second-order valence-corrected chi connectivity index (χ2v) is 7.47. The van der Waals surface area contributed by atoms with E-state index in [0.29, 0.717) is 13.0 Å². The number of methoxy groups -OCH3 is 1. The van der Waals surface area contributed by atoms with Crippen LogP contribution in [-0.4, -0.2) is 47.5 Å². The molecule has 5 nitrogen and oxygen atoms in total. The molecule has 138 valence electrons. The summed E-state index contributed by atoms with van der Waals surface area (Å²) < 4.78 is 11.9. The molecule has 0 bridgehead atoms. The maximum atomic E-state index is 10.1. The van der Waals surface area contributed by atoms with Crippen molar-refractivity contribution in [3.63, 3.8) is 0 Å². The van der Waals surface area contributed by atoms with Crippen LogP contribution >= 0.6 is 12.2 Å². The molecule has 1 aromatic carbocycles. The number of rotatable bonds is 3. The van der Waals surface area contributed by atoms with Crippen LogP contribution in [0.5, 0.6) is 11.5 Å². The van der Waals surface area contributed by atoms with Crippen LogP contribution in [0.4, 0.5) is 0 Å². The van der Waals surface area contributed by atoms with E-state index in [4.69, 9.17) is 21.7 Å². The second-order valence-electron chi connectivity index (χ2n) is 7.09. The Morgan fingerprint density at radius 2 is 2.42 bits per heavy atom. The first kappa shape index (κ1) is 17.4. The van der Waals surface area contributed by atoms with Gasteiger partial charge < -0.3 is 24.8 Å². The Balaban J connectivity index is 1.78. The number of aliphatic hydroxyl groups is 1. The van der Waals surface area contributed by atoms with Crippen LogP contribution in [0.25, 0.3) is 0 Å². The Hall–Kier alpha value is -2.05. The van der Waals surface area contributed by atoms with Crippen LogP contribution < -0.4 is 14.8 Å². The van der Waals surface area contributed by atoms with Crippen molar-refractivity contribution >= 4 is 17.3 Å². The number of benzene rings is 1. The lowest BCUT2D eigenvalue weighted by molar-refractivity contribution is 0.0833. The maximum absolute atomic E-state index is 10.1. The van der Waals surface area contributed by atoms with Crippen molar-refractivity contribution in [1.29, 1.82) is 0 Å². The largest absolute Gasteiger partial charge is 0.493 e. The van der Waals surface area contributed by atoms with Crippen molar-refractivity contribution in [2.75, 3.05) is 20.2 Å². The van der Waals surface area contributed by atoms with Crippen LogP contribution in [0, 0.1) is 0 Å². The number of aliphatic hydroxyl groups excluding tert-OH is 1. The third kappa shape index (κ3) is 2.59. The number of hydrogen-bond acceptors (Lipinski definition) is 4. The number of thiocarbonyl (C=S) groups is 1. The number of hydrogen-bond donors (Lipinski definition) is 2. The van der Waals surface area contributed by atoms with Gasteiger partial charge in [0, 0.05) is 31.6 Å². The molecule has 3 atom stereocenters. The molecule has 1 spiro atoms. The summed E-state index contributed by atoms with van der Waals surface area (Å²) in [5.74, 6) is 1.57. The molecule has 1 aromatic rings. The molecule has 26 heavy (non-hydrogen) atoms. The highest BCUT2D eigenvalue weighted by Crippen LogP contribution is 2.55. The van der Waals surface area contributed by atoms with Crippen molar-refractivity contribution in [3.8, 4) is 11.5 Å². The lowest BCUT2D eigenvalue weighted by atomic mass is 9.69. The predicted octanol–water partition coefficient (Wildman–Crippen LogP) is 2.28. The van der Waals surface area contributed by atoms with Gasteiger partial charge in [0.05, 0.1) is 18.6 Å². The SMILES string of the molecule is C=CCNC(=S)N1CC[C@@]23C=C[C@H](O)C[C@@H]2Oc2c(OC)ccc(c23)C1. The summed E-state index contributed by atoms with van der Waals surface area (Å²) >= 11 is 5.58. The van der Waals surface area contributed by atoms with Gasteiger partial charge in [-0.15, -0.1) is 6.58 Å². The fourth-order valence-electron chi connectivity index (χ4n) is 4.38. The Morgan fingerprint density at radius 3 is 3.19 bits per heavy atom. The highest BCUT2D eigenvalue weighted by Gasteiger charge is 2.52. The van der Waals surface area contributed by atoms with E-state index in [0.717, 1.165) is 36.1 Å². The second kappa shape index (κ2) is 6.59. The van der Waals surface area contributed by atoms with Gasteiger partial charge in [0.15, 0.2) is 16.6 Å². The standard InChI is InChI=1S/C20H24N2O3S/c1-3-9-21-19(26)22-10-8-20-7-6-14(23)11-16(20)25-18-15(24-2)5-4-13(12-22)17(18)20/h3-7,14,16,23H,1,8-12H2,2H3,(H,21,26)/t14-,16-,20-/m0/s1. The molecule has 0 radical (unpaired) electrons. The highest BCUT2D eigenvalue weighted by atomic mass is 32.1. The van der Waals surface area contributed by atoms with Crippen molar-refractivity contribution in [2.24, 2.45) is 0 Å². The van der Waals surface area contributed by atoms with Crippen LogP contribution in [0.1, 0.15) is 24.0 Å². The van der Waals surface area contributed by atoms with Crippen molar-refractivity contribution in [2.45, 2.75) is 37.0 Å². The Morgan fingerprint density at radius 1 is 1.58 bits per heavy atom. The molecule has 4 rings (SSSR count). The topological polar surface area (TPSA) is 54.0 Å². The van der Waals surface area contributed by atoms with Gasteiger partial charge in [-0.3, -0.25) is 0 Å². The molecule has 0 amide bonds. The van der Waals surface area contributed by atoms with E-state index in [1.54, 1.807) is 13.2 Å². The van der Waals surface area contributed by atoms with Crippen molar-refractivity contribution in [1.82, 2.24) is 10.2 Å². The van der Waals surface area contributed by atoms with Gasteiger partial charge in [-0.25, -0.2) is 0 Å². The summed E-state index contributed by atoms with van der Waals surface area (Å²) in [7, 11) is 1.66. The van der Waals surface area contributed by atoms with E-state index in [-0.39, 0.29) is 11.5 Å². The third-order valence-electron chi connectivity index (χ3n) is 5.64. The first-order valence-electron chi connectivity index (χ1n) is 8.97. The molecule has 0 saturated heterocycles. The lowest BCUT2D eigenvalue weighted by Gasteiger charge is -2.36. The zero-order chi connectivity index (χ0) is 18.3. The molecule has 2 aliphatic heterocycles. The zero-order valence-electron chi connectivity index (χ0n) is 14.9. The number of nitrogens with zero attached hydrogens (tertiary/aromatic N) is 1. The average Bonchev–Trinajstić information content (AvgIpc) is 2.87. The minimum atomic E-state index is -0.468. The van der Waals surface area contributed by atoms with E-state index in [9.17, 15) is 5.11 Å². The molecule has 1 aliphatic carbocycles. The fourth-order valence-corrected chi connectivity index (χ4v) is 4.62. The summed E-state index contributed by atoms with van der Waals surface area (Å²) in [4.78, 5) is 2.20. The normalized spacial score (nSPS) is 28.5. The maximum Gasteiger partial charge on any atom is 0.169 e. The Bertz CT molecular complexity index is 779. The van der Waals surface area contributed by atoms with E-state index < -0.39 is 6.10 Å². The van der Waals surface area contributed by atoms with Crippen LogP contribution in [0.3, 0.4) is 0 Å². The number of ether oxygens (including phenoxy) is 2. The van der Waals surface area contributed by atoms with Gasteiger partial charge in [-0.05, 0) is 30.3 Å². The molecule has 0 saturated carbocycles. The van der Waals surface area contributed by atoms with E-state index in [1.165, 1.54) is 11.1 Å². The Labute approximate surface area is 159 Å². The lowest BCUT2D eigenvalue weighted by Crippen LogP contribution is -2.44. The molecule has 2 heterocycles. The quantitative estimate of drug-likeness (QED) is 0.627. The van der Waals surface area contributed by atoms with E-state index in [2.05, 4.69) is 28.9 Å². The first-order chi connectivity index (χ1) is 12.6. The van der Waals surface area contributed by atoms with E-state index in [1.807, 2.05) is 12.1 Å². The molecular formula is C20H24N2O3S. The molecule has 2 N–H and O–H groups in total. The third-order valence-corrected chi connectivity index (χ3v) is 6.04. The molecule has 0 unspecified atom stereocenters. The molecule has 0 aromatic heterocycles. The van der Waals surface area contributed by atoms with Crippen LogP contribution in [0.15, 0.2) is 36.9 Å². The summed E-state index contributed by atoms with van der Waals surface area (Å²) in [6.07, 6.45) is 6.77. The first-order valence-corrected chi connectivity index (χ1v) is 9.38. The van der Waals surface area contributed by atoms with Gasteiger partial charge in [0.1, 0.15) is 6.10 Å². The molecular weight excluding hydrogens is 348 g/mol. The van der Waals surface area contributed by atoms with Gasteiger partial charge in [-0.2, -0.15) is 0 Å². The van der Waals surface area contributed by atoms with Gasteiger partial charge in [-0.1, -0.05) is 24.3 Å². The molecule has 6 heteroatoms. The van der Waals surface area contributed by atoms with Crippen molar-refractivity contribution in [3.05, 3.63) is 48.1 Å². The summed E-state index contributed by atoms with van der Waals surface area (Å²) in [5.41, 5.74) is 2.16. The average molecular weight is 372 g/mol. The van der Waals surface area contributed by atoms with Crippen LogP contribution in [0.2, 0.25) is 0 Å². The minimum absolute atomic E-state index is 0.0813. The summed E-state index contributed by atoms with van der Waals surface area (Å²) in [6.45, 7) is 5.94. The van der Waals surface area contributed by atoms with Gasteiger partial charge >= 0.3 is 0 Å². The smallest absolute Gasteiger partial charge is 0.169 e. The summed E-state index contributed by atoms with van der Waals surface area (Å²) in [6, 6.07) is 4.07. The molecule has 3 aliphatic rings. The highest BCUT2D eigenvalue weighted by molar-refractivity contribution is 7.80. The zero-order valence-corrected chi connectivity index (χ0v) is 15.7. The van der Waals surface area contributed by atoms with Gasteiger partial charge in [0.25, 0.3) is 0 Å². The summed E-state index contributed by atoms with van der Waals surface area (Å²) in [5, 5.41) is 14.1.